The van der Waals surface area contributed by atoms with E-state index in [4.69, 9.17) is 10.5 Å². The van der Waals surface area contributed by atoms with Crippen molar-refractivity contribution in [2.75, 3.05) is 7.11 Å². The molecule has 0 spiro atoms. The van der Waals surface area contributed by atoms with Gasteiger partial charge in [-0.1, -0.05) is 45.6 Å². The molecule has 0 rings (SSSR count). The number of ether oxygens (including phenoxy) is 1. The van der Waals surface area contributed by atoms with E-state index in [1.54, 1.807) is 7.11 Å². The zero-order valence-electron chi connectivity index (χ0n) is 14.7. The van der Waals surface area contributed by atoms with Crippen LogP contribution in [-0.4, -0.2) is 13.2 Å². The molecule has 2 N–H and O–H groups in total. The monoisotopic (exact) mass is 293 g/mol. The minimum Gasteiger partial charge on any atom is -0.497 e. The molecule has 0 radical (unpaired) electrons. The Morgan fingerprint density at radius 2 is 1.48 bits per heavy atom. The SMILES string of the molecule is C=C(/C=C\C(=C)C(C)CCC(C)C(C)CCC(C)N)OC. The van der Waals surface area contributed by atoms with Gasteiger partial charge in [0, 0.05) is 6.04 Å². The van der Waals surface area contributed by atoms with Crippen molar-refractivity contribution in [1.82, 2.24) is 0 Å². The van der Waals surface area contributed by atoms with Gasteiger partial charge in [-0.15, -0.1) is 0 Å². The van der Waals surface area contributed by atoms with Gasteiger partial charge in [0.1, 0.15) is 5.76 Å². The molecule has 0 saturated heterocycles. The molecule has 0 heterocycles. The lowest BCUT2D eigenvalue weighted by Gasteiger charge is -2.22. The van der Waals surface area contributed by atoms with Gasteiger partial charge in [0.25, 0.3) is 0 Å². The summed E-state index contributed by atoms with van der Waals surface area (Å²) in [7, 11) is 1.63. The number of methoxy groups -OCH3 is 1. The van der Waals surface area contributed by atoms with Gasteiger partial charge in [-0.25, -0.2) is 0 Å². The van der Waals surface area contributed by atoms with Gasteiger partial charge < -0.3 is 10.5 Å². The lowest BCUT2D eigenvalue weighted by molar-refractivity contribution is 0.308. The maximum absolute atomic E-state index is 5.84. The first-order chi connectivity index (χ1) is 9.77. The molecule has 2 heteroatoms. The minimum atomic E-state index is 0.317. The molecular formula is C19H35NO. The van der Waals surface area contributed by atoms with Crippen molar-refractivity contribution in [3.05, 3.63) is 36.6 Å². The smallest absolute Gasteiger partial charge is 0.111 e. The van der Waals surface area contributed by atoms with Crippen molar-refractivity contribution in [3.8, 4) is 0 Å². The molecule has 0 bridgehead atoms. The average Bonchev–Trinajstić information content (AvgIpc) is 2.46. The molecule has 0 aromatic heterocycles. The molecule has 4 unspecified atom stereocenters. The first-order valence-corrected chi connectivity index (χ1v) is 8.13. The Bertz CT molecular complexity index is 343. The predicted molar refractivity (Wildman–Crippen MR) is 94.0 cm³/mol. The van der Waals surface area contributed by atoms with Crippen molar-refractivity contribution in [2.24, 2.45) is 23.5 Å². The molecule has 0 aliphatic rings. The highest BCUT2D eigenvalue weighted by Crippen LogP contribution is 2.26. The second kappa shape index (κ2) is 10.7. The predicted octanol–water partition coefficient (Wildman–Crippen LogP) is 5.07. The minimum absolute atomic E-state index is 0.317. The van der Waals surface area contributed by atoms with Crippen LogP contribution < -0.4 is 5.73 Å². The fourth-order valence-corrected chi connectivity index (χ4v) is 2.23. The van der Waals surface area contributed by atoms with Crippen LogP contribution in [0.2, 0.25) is 0 Å². The Morgan fingerprint density at radius 1 is 0.952 bits per heavy atom. The number of nitrogens with two attached hydrogens (primary N) is 1. The van der Waals surface area contributed by atoms with Crippen molar-refractivity contribution >= 4 is 0 Å². The summed E-state index contributed by atoms with van der Waals surface area (Å²) in [5.74, 6) is 2.63. The van der Waals surface area contributed by atoms with Crippen LogP contribution >= 0.6 is 0 Å². The summed E-state index contributed by atoms with van der Waals surface area (Å²) < 4.78 is 5.02. The number of allylic oxidation sites excluding steroid dienone is 3. The summed E-state index contributed by atoms with van der Waals surface area (Å²) in [5, 5.41) is 0. The van der Waals surface area contributed by atoms with E-state index >= 15 is 0 Å². The van der Waals surface area contributed by atoms with E-state index in [2.05, 4.69) is 40.9 Å². The van der Waals surface area contributed by atoms with Gasteiger partial charge in [0.05, 0.1) is 7.11 Å². The largest absolute Gasteiger partial charge is 0.497 e. The van der Waals surface area contributed by atoms with Crippen LogP contribution in [0.4, 0.5) is 0 Å². The van der Waals surface area contributed by atoms with Crippen molar-refractivity contribution < 1.29 is 4.74 Å². The second-order valence-electron chi connectivity index (χ2n) is 6.57. The van der Waals surface area contributed by atoms with Gasteiger partial charge in [-0.05, 0) is 56.4 Å². The summed E-state index contributed by atoms with van der Waals surface area (Å²) in [4.78, 5) is 0. The van der Waals surface area contributed by atoms with Gasteiger partial charge in [-0.2, -0.15) is 0 Å². The van der Waals surface area contributed by atoms with E-state index in [1.807, 2.05) is 12.2 Å². The molecule has 21 heavy (non-hydrogen) atoms. The zero-order chi connectivity index (χ0) is 16.4. The Hall–Kier alpha value is -1.02. The van der Waals surface area contributed by atoms with Crippen molar-refractivity contribution in [2.45, 2.75) is 59.4 Å². The van der Waals surface area contributed by atoms with E-state index in [0.717, 1.165) is 23.8 Å². The van der Waals surface area contributed by atoms with Gasteiger partial charge in [0.2, 0.25) is 0 Å². The maximum atomic E-state index is 5.84. The lowest BCUT2D eigenvalue weighted by Crippen LogP contribution is -2.18. The van der Waals surface area contributed by atoms with E-state index < -0.39 is 0 Å². The van der Waals surface area contributed by atoms with E-state index in [9.17, 15) is 0 Å². The number of hydrogen-bond donors (Lipinski definition) is 1. The highest BCUT2D eigenvalue weighted by Gasteiger charge is 2.14. The van der Waals surface area contributed by atoms with E-state index in [0.29, 0.717) is 17.7 Å². The molecule has 0 aliphatic heterocycles. The first-order valence-electron chi connectivity index (χ1n) is 8.13. The van der Waals surface area contributed by atoms with E-state index in [-0.39, 0.29) is 0 Å². The maximum Gasteiger partial charge on any atom is 0.111 e. The van der Waals surface area contributed by atoms with Gasteiger partial charge >= 0.3 is 0 Å². The summed E-state index contributed by atoms with van der Waals surface area (Å²) >= 11 is 0. The molecule has 4 atom stereocenters. The molecule has 0 saturated carbocycles. The van der Waals surface area contributed by atoms with Crippen molar-refractivity contribution in [1.29, 1.82) is 0 Å². The third kappa shape index (κ3) is 9.52. The topological polar surface area (TPSA) is 35.2 Å². The quantitative estimate of drug-likeness (QED) is 0.426. The molecule has 0 aliphatic carbocycles. The zero-order valence-corrected chi connectivity index (χ0v) is 14.7. The second-order valence-corrected chi connectivity index (χ2v) is 6.57. The Kier molecular flexibility index (Phi) is 10.2. The highest BCUT2D eigenvalue weighted by atomic mass is 16.5. The first kappa shape index (κ1) is 20.0. The number of hydrogen-bond acceptors (Lipinski definition) is 2. The Morgan fingerprint density at radius 3 is 1.95 bits per heavy atom. The third-order valence-electron chi connectivity index (χ3n) is 4.48. The molecule has 0 amide bonds. The van der Waals surface area contributed by atoms with E-state index in [1.165, 1.54) is 19.3 Å². The van der Waals surface area contributed by atoms with Crippen LogP contribution in [0.5, 0.6) is 0 Å². The van der Waals surface area contributed by atoms with Gasteiger partial charge in [-0.3, -0.25) is 0 Å². The van der Waals surface area contributed by atoms with Crippen LogP contribution in [0.3, 0.4) is 0 Å². The van der Waals surface area contributed by atoms with Crippen LogP contribution in [0.1, 0.15) is 53.4 Å². The third-order valence-corrected chi connectivity index (χ3v) is 4.48. The molecule has 0 fully saturated rings. The molecule has 0 aromatic carbocycles. The van der Waals surface area contributed by atoms with Crippen molar-refractivity contribution in [3.63, 3.8) is 0 Å². The highest BCUT2D eigenvalue weighted by molar-refractivity contribution is 5.22. The summed E-state index contributed by atoms with van der Waals surface area (Å²) in [6.45, 7) is 16.9. The van der Waals surface area contributed by atoms with Gasteiger partial charge in [0.15, 0.2) is 0 Å². The summed E-state index contributed by atoms with van der Waals surface area (Å²) in [6, 6.07) is 0.317. The fraction of sp³-hybridized carbons (Fsp3) is 0.684. The number of rotatable bonds is 11. The fourth-order valence-electron chi connectivity index (χ4n) is 2.23. The Labute approximate surface area is 132 Å². The van der Waals surface area contributed by atoms with Crippen LogP contribution in [0.15, 0.2) is 36.6 Å². The lowest BCUT2D eigenvalue weighted by atomic mass is 9.84. The van der Waals surface area contributed by atoms with Crippen LogP contribution in [0.25, 0.3) is 0 Å². The van der Waals surface area contributed by atoms with Crippen LogP contribution in [0, 0.1) is 17.8 Å². The molecular weight excluding hydrogens is 258 g/mol. The molecule has 0 aromatic rings. The summed E-state index contributed by atoms with van der Waals surface area (Å²) in [5.41, 5.74) is 6.98. The normalized spacial score (nSPS) is 17.2. The summed E-state index contributed by atoms with van der Waals surface area (Å²) in [6.07, 6.45) is 8.65. The standard InChI is InChI=1S/C19H35NO/c1-14(16(3)10-12-18(5)20)8-9-15(2)17(4)11-13-19(6)21-7/h11,13-16,18H,4,6,8-10,12,20H2,1-3,5,7H3/b13-11-. The average molecular weight is 293 g/mol. The van der Waals surface area contributed by atoms with Crippen LogP contribution in [-0.2, 0) is 4.74 Å². The molecule has 2 nitrogen and oxygen atoms in total. The molecule has 122 valence electrons. The Balaban J connectivity index is 4.10.